The van der Waals surface area contributed by atoms with Crippen LogP contribution in [0.5, 0.6) is 0 Å². The van der Waals surface area contributed by atoms with Gasteiger partial charge in [-0.2, -0.15) is 26.3 Å². The zero-order chi connectivity index (χ0) is 26.0. The molecule has 1 aromatic heterocycles. The van der Waals surface area contributed by atoms with E-state index in [0.29, 0.717) is 5.69 Å². The van der Waals surface area contributed by atoms with Crippen LogP contribution in [0.1, 0.15) is 54.8 Å². The van der Waals surface area contributed by atoms with Gasteiger partial charge in [-0.3, -0.25) is 4.98 Å². The molecule has 0 unspecified atom stereocenters. The van der Waals surface area contributed by atoms with Gasteiger partial charge in [-0.15, -0.1) is 0 Å². The summed E-state index contributed by atoms with van der Waals surface area (Å²) in [7, 11) is 0. The normalized spacial score (nSPS) is 13.3. The fourth-order valence-corrected chi connectivity index (χ4v) is 3.60. The van der Waals surface area contributed by atoms with Crippen molar-refractivity contribution >= 4 is 11.7 Å². The van der Waals surface area contributed by atoms with Gasteiger partial charge in [-0.1, -0.05) is 51.1 Å². The Morgan fingerprint density at radius 3 is 1.97 bits per heavy atom. The zero-order valence-corrected chi connectivity index (χ0v) is 19.1. The van der Waals surface area contributed by atoms with Crippen molar-refractivity contribution in [2.24, 2.45) is 0 Å². The summed E-state index contributed by atoms with van der Waals surface area (Å²) in [6.07, 6.45) is -8.31. The van der Waals surface area contributed by atoms with E-state index < -0.39 is 41.2 Å². The molecule has 1 atom stereocenters. The fourth-order valence-electron chi connectivity index (χ4n) is 3.60. The molecular weight excluding hydrogens is 472 g/mol. The van der Waals surface area contributed by atoms with Crippen LogP contribution >= 0.6 is 0 Å². The Morgan fingerprint density at radius 1 is 0.800 bits per heavy atom. The van der Waals surface area contributed by atoms with E-state index in [1.165, 1.54) is 0 Å². The van der Waals surface area contributed by atoms with E-state index in [9.17, 15) is 31.1 Å². The van der Waals surface area contributed by atoms with E-state index in [1.54, 1.807) is 18.2 Å². The van der Waals surface area contributed by atoms with Crippen molar-refractivity contribution in [3.05, 3.63) is 94.8 Å². The van der Waals surface area contributed by atoms with Crippen LogP contribution in [0, 0.1) is 0 Å². The SMILES string of the molecule is CC(C)(C)c1ccccc1NC(=O)N[C@@H](c1ccc(C(F)(F)F)cc1)c1ncccc1C(F)(F)F. The smallest absolute Gasteiger partial charge is 0.325 e. The lowest BCUT2D eigenvalue weighted by Crippen LogP contribution is -2.35. The molecular formula is C25H23F6N3O. The lowest BCUT2D eigenvalue weighted by Gasteiger charge is -2.25. The maximum Gasteiger partial charge on any atom is 0.418 e. The number of carbonyl (C=O) groups is 1. The van der Waals surface area contributed by atoms with Crippen molar-refractivity contribution in [3.63, 3.8) is 0 Å². The Balaban J connectivity index is 2.02. The summed E-state index contributed by atoms with van der Waals surface area (Å²) in [5, 5.41) is 5.10. The van der Waals surface area contributed by atoms with Crippen molar-refractivity contribution in [1.29, 1.82) is 0 Å². The molecule has 0 saturated heterocycles. The summed E-state index contributed by atoms with van der Waals surface area (Å²) in [5.41, 5.74) is -1.74. The minimum atomic E-state index is -4.80. The number of amides is 2. The number of pyridine rings is 1. The highest BCUT2D eigenvalue weighted by molar-refractivity contribution is 5.91. The highest BCUT2D eigenvalue weighted by Crippen LogP contribution is 2.37. The molecule has 3 rings (SSSR count). The number of para-hydroxylation sites is 1. The maximum absolute atomic E-state index is 13.7. The number of hydrogen-bond donors (Lipinski definition) is 2. The maximum atomic E-state index is 13.7. The van der Waals surface area contributed by atoms with Crippen LogP contribution in [0.15, 0.2) is 66.9 Å². The number of hydrogen-bond acceptors (Lipinski definition) is 2. The standard InChI is InChI=1S/C25H23F6N3O/c1-23(2,3)17-7-4-5-9-19(17)33-22(35)34-20(15-10-12-16(13-11-15)24(26,27)28)21-18(25(29,30)31)8-6-14-32-21/h4-14,20H,1-3H3,(H2,33,34,35)/t20-/m0/s1. The van der Waals surface area contributed by atoms with E-state index in [4.69, 9.17) is 0 Å². The molecule has 0 fully saturated rings. The minimum absolute atomic E-state index is 0.00135. The quantitative estimate of drug-likeness (QED) is 0.373. The molecule has 1 heterocycles. The Bertz CT molecular complexity index is 1180. The van der Waals surface area contributed by atoms with Crippen molar-refractivity contribution in [2.45, 2.75) is 44.6 Å². The van der Waals surface area contributed by atoms with Crippen LogP contribution < -0.4 is 10.6 Å². The van der Waals surface area contributed by atoms with Gasteiger partial charge in [0.15, 0.2) is 0 Å². The molecule has 0 radical (unpaired) electrons. The van der Waals surface area contributed by atoms with E-state index in [-0.39, 0.29) is 11.0 Å². The molecule has 4 nitrogen and oxygen atoms in total. The van der Waals surface area contributed by atoms with Crippen LogP contribution in [0.25, 0.3) is 0 Å². The van der Waals surface area contributed by atoms with Gasteiger partial charge in [-0.05, 0) is 46.9 Å². The highest BCUT2D eigenvalue weighted by Gasteiger charge is 2.37. The molecule has 0 aliphatic heterocycles. The number of nitrogens with one attached hydrogen (secondary N) is 2. The van der Waals surface area contributed by atoms with E-state index in [1.807, 2.05) is 26.8 Å². The zero-order valence-electron chi connectivity index (χ0n) is 19.1. The largest absolute Gasteiger partial charge is 0.418 e. The first-order chi connectivity index (χ1) is 16.2. The molecule has 0 aliphatic carbocycles. The van der Waals surface area contributed by atoms with E-state index >= 15 is 0 Å². The molecule has 0 saturated carbocycles. The third-order valence-electron chi connectivity index (χ3n) is 5.25. The van der Waals surface area contributed by atoms with Gasteiger partial charge >= 0.3 is 18.4 Å². The average molecular weight is 495 g/mol. The number of alkyl halides is 6. The second-order valence-corrected chi connectivity index (χ2v) is 8.88. The molecule has 0 spiro atoms. The van der Waals surface area contributed by atoms with Crippen molar-refractivity contribution in [3.8, 4) is 0 Å². The average Bonchev–Trinajstić information content (AvgIpc) is 2.76. The number of rotatable bonds is 4. The number of halogens is 6. The predicted octanol–water partition coefficient (Wildman–Crippen LogP) is 7.33. The van der Waals surface area contributed by atoms with Crippen molar-refractivity contribution < 1.29 is 31.1 Å². The second-order valence-electron chi connectivity index (χ2n) is 8.88. The van der Waals surface area contributed by atoms with E-state index in [2.05, 4.69) is 15.6 Å². The Kier molecular flexibility index (Phi) is 7.14. The molecule has 0 aliphatic rings. The summed E-state index contributed by atoms with van der Waals surface area (Å²) in [5.74, 6) is 0. The molecule has 35 heavy (non-hydrogen) atoms. The van der Waals surface area contributed by atoms with Crippen LogP contribution in [-0.4, -0.2) is 11.0 Å². The number of anilines is 1. The lowest BCUT2D eigenvalue weighted by atomic mass is 9.86. The van der Waals surface area contributed by atoms with Gasteiger partial charge in [-0.25, -0.2) is 4.79 Å². The fraction of sp³-hybridized carbons (Fsp3) is 0.280. The van der Waals surface area contributed by atoms with E-state index in [0.717, 1.165) is 48.2 Å². The van der Waals surface area contributed by atoms with Gasteiger partial charge in [0.25, 0.3) is 0 Å². The first-order valence-corrected chi connectivity index (χ1v) is 10.5. The highest BCUT2D eigenvalue weighted by atomic mass is 19.4. The van der Waals surface area contributed by atoms with Gasteiger partial charge in [0.2, 0.25) is 0 Å². The van der Waals surface area contributed by atoms with Crippen LogP contribution in [0.3, 0.4) is 0 Å². The summed E-state index contributed by atoms with van der Waals surface area (Å²) >= 11 is 0. The van der Waals surface area contributed by atoms with Gasteiger partial charge in [0.05, 0.1) is 22.9 Å². The molecule has 3 aromatic rings. The summed E-state index contributed by atoms with van der Waals surface area (Å²) < 4.78 is 80.1. The summed E-state index contributed by atoms with van der Waals surface area (Å²) in [6.45, 7) is 5.79. The molecule has 186 valence electrons. The van der Waals surface area contributed by atoms with Crippen LogP contribution in [-0.2, 0) is 17.8 Å². The number of carbonyl (C=O) groups excluding carboxylic acids is 1. The molecule has 10 heteroatoms. The molecule has 0 bridgehead atoms. The third-order valence-corrected chi connectivity index (χ3v) is 5.25. The summed E-state index contributed by atoms with van der Waals surface area (Å²) in [6, 6.07) is 10.0. The predicted molar refractivity (Wildman–Crippen MR) is 120 cm³/mol. The van der Waals surface area contributed by atoms with Crippen molar-refractivity contribution in [2.75, 3.05) is 5.32 Å². The van der Waals surface area contributed by atoms with Crippen LogP contribution in [0.4, 0.5) is 36.8 Å². The summed E-state index contributed by atoms with van der Waals surface area (Å²) in [4.78, 5) is 16.7. The second kappa shape index (κ2) is 9.59. The molecule has 2 amide bonds. The Labute approximate surface area is 198 Å². The first-order valence-electron chi connectivity index (χ1n) is 10.5. The lowest BCUT2D eigenvalue weighted by molar-refractivity contribution is -0.139. The number of nitrogens with zero attached hydrogens (tertiary/aromatic N) is 1. The minimum Gasteiger partial charge on any atom is -0.325 e. The molecule has 2 aromatic carbocycles. The molecule has 2 N–H and O–H groups in total. The third kappa shape index (κ3) is 6.32. The van der Waals surface area contributed by atoms with Crippen LogP contribution in [0.2, 0.25) is 0 Å². The topological polar surface area (TPSA) is 54.0 Å². The first kappa shape index (κ1) is 26.1. The number of urea groups is 1. The Morgan fingerprint density at radius 2 is 1.40 bits per heavy atom. The van der Waals surface area contributed by atoms with Gasteiger partial charge in [0.1, 0.15) is 0 Å². The van der Waals surface area contributed by atoms with Gasteiger partial charge < -0.3 is 10.6 Å². The Hall–Kier alpha value is -3.56. The number of benzene rings is 2. The monoisotopic (exact) mass is 495 g/mol. The van der Waals surface area contributed by atoms with Crippen molar-refractivity contribution in [1.82, 2.24) is 10.3 Å². The number of aromatic nitrogens is 1. The van der Waals surface area contributed by atoms with Gasteiger partial charge in [0, 0.05) is 11.9 Å².